The van der Waals surface area contributed by atoms with Crippen LogP contribution in [0.4, 0.5) is 0 Å². The maximum Gasteiger partial charge on any atom is 0.365 e. The van der Waals surface area contributed by atoms with Gasteiger partial charge in [0.2, 0.25) is 10.0 Å². The summed E-state index contributed by atoms with van der Waals surface area (Å²) in [5.74, 6) is -3.35. The van der Waals surface area contributed by atoms with Crippen molar-refractivity contribution in [2.24, 2.45) is 5.73 Å². The molecule has 0 bridgehead atoms. The third kappa shape index (κ3) is 7.88. The molecule has 0 aliphatic rings. The molecule has 0 spiro atoms. The van der Waals surface area contributed by atoms with Gasteiger partial charge in [0.25, 0.3) is 0 Å². The molecule has 10 heteroatoms. The number of nitrogens with one attached hydrogen (secondary N) is 1. The van der Waals surface area contributed by atoms with Gasteiger partial charge in [-0.1, -0.05) is 42.5 Å². The molecule has 0 aromatic heterocycles. The Morgan fingerprint density at radius 1 is 1.25 bits per heavy atom. The molecule has 0 fully saturated rings. The lowest BCUT2D eigenvalue weighted by Crippen LogP contribution is -2.33. The first-order chi connectivity index (χ1) is 10.9. The van der Waals surface area contributed by atoms with E-state index in [0.29, 0.717) is 0 Å². The average Bonchev–Trinajstić information content (AvgIpc) is 2.50. The number of carboxylic acid groups (broad SMARTS) is 1. The molecule has 132 valence electrons. The molecule has 24 heavy (non-hydrogen) atoms. The Morgan fingerprint density at radius 3 is 2.42 bits per heavy atom. The number of aliphatic carboxylic acids is 1. The predicted octanol–water partition coefficient (Wildman–Crippen LogP) is 0.469. The third-order valence-corrected chi connectivity index (χ3v) is 3.56. The fourth-order valence-corrected chi connectivity index (χ4v) is 2.00. The van der Waals surface area contributed by atoms with Crippen LogP contribution in [0.25, 0.3) is 6.08 Å². The summed E-state index contributed by atoms with van der Waals surface area (Å²) in [5, 5.41) is 8.97. The van der Waals surface area contributed by atoms with Crippen LogP contribution in [0.15, 0.2) is 48.1 Å². The van der Waals surface area contributed by atoms with Crippen molar-refractivity contribution in [3.05, 3.63) is 53.6 Å². The van der Waals surface area contributed by atoms with Crippen molar-refractivity contribution in [1.82, 2.24) is 4.89 Å². The Labute approximate surface area is 145 Å². The number of halogens is 1. The lowest BCUT2D eigenvalue weighted by atomic mass is 10.2. The fourth-order valence-electron chi connectivity index (χ4n) is 1.40. The molecule has 0 unspecified atom stereocenters. The number of allylic oxidation sites excluding steroid dienone is 2. The molecule has 8 nitrogen and oxygen atoms in total. The van der Waals surface area contributed by atoms with E-state index in [2.05, 4.69) is 4.84 Å². The normalized spacial score (nSPS) is 11.8. The monoisotopic (exact) mass is 376 g/mol. The van der Waals surface area contributed by atoms with Gasteiger partial charge in [-0.25, -0.2) is 18.0 Å². The van der Waals surface area contributed by atoms with Gasteiger partial charge in [0.15, 0.2) is 0 Å². The van der Waals surface area contributed by atoms with E-state index < -0.39 is 33.3 Å². The van der Waals surface area contributed by atoms with Crippen LogP contribution in [0.2, 0.25) is 0 Å². The first-order valence-electron chi connectivity index (χ1n) is 6.43. The number of benzene rings is 1. The molecule has 0 saturated carbocycles. The maximum atomic E-state index is 11.6. The van der Waals surface area contributed by atoms with Crippen molar-refractivity contribution in [3.8, 4) is 0 Å². The molecule has 1 rings (SSSR count). The minimum absolute atomic E-state index is 0. The van der Waals surface area contributed by atoms with E-state index in [1.165, 1.54) is 11.0 Å². The number of nitrogens with two attached hydrogens (primary N) is 1. The third-order valence-electron chi connectivity index (χ3n) is 2.45. The molecule has 0 radical (unpaired) electrons. The van der Waals surface area contributed by atoms with E-state index in [1.54, 1.807) is 30.3 Å². The number of hydrogen-bond acceptors (Lipinski definition) is 6. The minimum Gasteiger partial charge on any atom is -0.477 e. The van der Waals surface area contributed by atoms with Crippen molar-refractivity contribution in [3.63, 3.8) is 0 Å². The largest absolute Gasteiger partial charge is 0.477 e. The number of hydrogen-bond donors (Lipinski definition) is 3. The van der Waals surface area contributed by atoms with Gasteiger partial charge in [-0.3, -0.25) is 0 Å². The van der Waals surface area contributed by atoms with E-state index in [0.717, 1.165) is 11.6 Å². The highest BCUT2D eigenvalue weighted by Crippen LogP contribution is 2.04. The molecule has 0 atom stereocenters. The van der Waals surface area contributed by atoms with Gasteiger partial charge in [0.05, 0.1) is 5.75 Å². The van der Waals surface area contributed by atoms with Crippen LogP contribution >= 0.6 is 12.4 Å². The topological polar surface area (TPSA) is 136 Å². The lowest BCUT2D eigenvalue weighted by Gasteiger charge is -2.05. The second-order valence-electron chi connectivity index (χ2n) is 4.24. The summed E-state index contributed by atoms with van der Waals surface area (Å²) in [4.78, 5) is 28.4. The zero-order chi connectivity index (χ0) is 17.3. The zero-order valence-electron chi connectivity index (χ0n) is 12.4. The second kappa shape index (κ2) is 10.6. The van der Waals surface area contributed by atoms with Crippen LogP contribution in [0.1, 0.15) is 5.56 Å². The Balaban J connectivity index is 0.00000529. The fraction of sp³-hybridized carbons (Fsp3) is 0.143. The summed E-state index contributed by atoms with van der Waals surface area (Å²) in [6.07, 6.45) is 3.93. The lowest BCUT2D eigenvalue weighted by molar-refractivity contribution is -0.146. The van der Waals surface area contributed by atoms with E-state index in [9.17, 15) is 18.0 Å². The van der Waals surface area contributed by atoms with E-state index in [4.69, 9.17) is 10.8 Å². The Hall–Kier alpha value is -2.20. The zero-order valence-corrected chi connectivity index (χ0v) is 14.0. The number of carbonyl (C=O) groups is 2. The van der Waals surface area contributed by atoms with Gasteiger partial charge in [0.1, 0.15) is 5.57 Å². The first-order valence-corrected chi connectivity index (χ1v) is 8.08. The highest BCUT2D eigenvalue weighted by Gasteiger charge is 2.21. The molecular formula is C14H17ClN2O6S. The van der Waals surface area contributed by atoms with Gasteiger partial charge in [-0.05, 0) is 16.5 Å². The van der Waals surface area contributed by atoms with Gasteiger partial charge in [0, 0.05) is 6.54 Å². The van der Waals surface area contributed by atoms with E-state index in [1.807, 2.05) is 6.07 Å². The van der Waals surface area contributed by atoms with Crippen LogP contribution in [-0.2, 0) is 24.4 Å². The van der Waals surface area contributed by atoms with Gasteiger partial charge < -0.3 is 15.7 Å². The maximum absolute atomic E-state index is 11.6. The molecule has 0 aliphatic heterocycles. The summed E-state index contributed by atoms with van der Waals surface area (Å²) < 4.78 is 22.6. The number of sulfonamides is 1. The van der Waals surface area contributed by atoms with Crippen LogP contribution in [0.3, 0.4) is 0 Å². The van der Waals surface area contributed by atoms with Gasteiger partial charge in [-0.2, -0.15) is 0 Å². The SMILES string of the molecule is Cl.NCCS(=O)(=O)NOC(=O)C(=CC=Cc1ccccc1)C(=O)O. The summed E-state index contributed by atoms with van der Waals surface area (Å²) in [5.41, 5.74) is 5.14. The van der Waals surface area contributed by atoms with Crippen molar-refractivity contribution in [1.29, 1.82) is 0 Å². The van der Waals surface area contributed by atoms with Crippen LogP contribution < -0.4 is 10.6 Å². The Morgan fingerprint density at radius 2 is 1.88 bits per heavy atom. The van der Waals surface area contributed by atoms with Crippen LogP contribution in [-0.4, -0.2) is 37.8 Å². The van der Waals surface area contributed by atoms with Crippen molar-refractivity contribution in [2.45, 2.75) is 0 Å². The summed E-state index contributed by atoms with van der Waals surface area (Å²) in [6.45, 7) is -0.172. The average molecular weight is 377 g/mol. The Bertz CT molecular complexity index is 716. The molecule has 0 heterocycles. The number of carboxylic acids is 1. The molecular weight excluding hydrogens is 360 g/mol. The molecule has 1 aromatic carbocycles. The number of rotatable bonds is 8. The first kappa shape index (κ1) is 21.8. The smallest absolute Gasteiger partial charge is 0.365 e. The molecule has 0 aliphatic carbocycles. The van der Waals surface area contributed by atoms with E-state index in [-0.39, 0.29) is 19.0 Å². The predicted molar refractivity (Wildman–Crippen MR) is 90.5 cm³/mol. The quantitative estimate of drug-likeness (QED) is 0.197. The van der Waals surface area contributed by atoms with Crippen LogP contribution in [0, 0.1) is 0 Å². The van der Waals surface area contributed by atoms with Crippen molar-refractivity contribution in [2.75, 3.05) is 12.3 Å². The molecule has 0 saturated heterocycles. The Kier molecular flexibility index (Phi) is 9.58. The highest BCUT2D eigenvalue weighted by molar-refractivity contribution is 7.89. The van der Waals surface area contributed by atoms with Gasteiger partial charge >= 0.3 is 11.9 Å². The molecule has 1 aromatic rings. The summed E-state index contributed by atoms with van der Waals surface area (Å²) in [6, 6.07) is 8.97. The molecule has 0 amide bonds. The summed E-state index contributed by atoms with van der Waals surface area (Å²) >= 11 is 0. The van der Waals surface area contributed by atoms with Crippen molar-refractivity contribution < 1.29 is 28.0 Å². The summed E-state index contributed by atoms with van der Waals surface area (Å²) in [7, 11) is -3.91. The second-order valence-corrected chi connectivity index (χ2v) is 6.04. The molecule has 4 N–H and O–H groups in total. The van der Waals surface area contributed by atoms with Crippen LogP contribution in [0.5, 0.6) is 0 Å². The number of carbonyl (C=O) groups excluding carboxylic acids is 1. The van der Waals surface area contributed by atoms with Gasteiger partial charge in [-0.15, -0.1) is 12.4 Å². The highest BCUT2D eigenvalue weighted by atomic mass is 35.5. The minimum atomic E-state index is -3.91. The van der Waals surface area contributed by atoms with Crippen molar-refractivity contribution >= 4 is 40.4 Å². The standard InChI is InChI=1S/C14H16N2O6S.ClH/c15-9-10-23(20,21)16-22-14(19)12(13(17)18)8-4-7-11-5-2-1-3-6-11;/h1-8,16H,9-10,15H2,(H,17,18);1H. The van der Waals surface area contributed by atoms with E-state index >= 15 is 0 Å².